The van der Waals surface area contributed by atoms with E-state index in [1.165, 1.54) is 24.5 Å². The van der Waals surface area contributed by atoms with Gasteiger partial charge in [-0.3, -0.25) is 9.17 Å². The van der Waals surface area contributed by atoms with Crippen molar-refractivity contribution in [3.8, 4) is 11.6 Å². The van der Waals surface area contributed by atoms with Gasteiger partial charge in [-0.15, -0.1) is 0 Å². The molecule has 0 saturated carbocycles. The Morgan fingerprint density at radius 3 is 2.57 bits per heavy atom. The molecule has 0 aliphatic carbocycles. The molecular formula is C13H13FN2O4S. The fourth-order valence-corrected chi connectivity index (χ4v) is 1.77. The standard InChI is InChI=1S/C13H13FN2O4S/c1-9-3-4-12(11(14)5-9)20-13-7-15-10(6-16-13)8-19-21(2,17)18/h3-7H,8H2,1-2H3. The van der Waals surface area contributed by atoms with E-state index in [9.17, 15) is 12.8 Å². The van der Waals surface area contributed by atoms with Gasteiger partial charge in [-0.2, -0.15) is 8.42 Å². The molecule has 0 unspecified atom stereocenters. The molecule has 0 bridgehead atoms. The van der Waals surface area contributed by atoms with E-state index in [0.717, 1.165) is 11.8 Å². The molecule has 0 aliphatic rings. The Hall–Kier alpha value is -2.06. The summed E-state index contributed by atoms with van der Waals surface area (Å²) >= 11 is 0. The number of aromatic nitrogens is 2. The molecule has 2 aromatic rings. The SMILES string of the molecule is Cc1ccc(Oc2cnc(COS(C)(=O)=O)cn2)c(F)c1. The molecule has 21 heavy (non-hydrogen) atoms. The highest BCUT2D eigenvalue weighted by molar-refractivity contribution is 7.85. The van der Waals surface area contributed by atoms with Crippen molar-refractivity contribution < 1.29 is 21.7 Å². The summed E-state index contributed by atoms with van der Waals surface area (Å²) < 4.78 is 45.1. The van der Waals surface area contributed by atoms with Gasteiger partial charge in [0.2, 0.25) is 5.88 Å². The van der Waals surface area contributed by atoms with Crippen LogP contribution in [0.3, 0.4) is 0 Å². The second-order valence-corrected chi connectivity index (χ2v) is 5.99. The maximum absolute atomic E-state index is 13.6. The van der Waals surface area contributed by atoms with Crippen molar-refractivity contribution in [3.63, 3.8) is 0 Å². The molecule has 0 amide bonds. The molecule has 0 fully saturated rings. The van der Waals surface area contributed by atoms with E-state index >= 15 is 0 Å². The van der Waals surface area contributed by atoms with Gasteiger partial charge < -0.3 is 4.74 Å². The van der Waals surface area contributed by atoms with Crippen LogP contribution in [0.1, 0.15) is 11.3 Å². The van der Waals surface area contributed by atoms with Gasteiger partial charge in [-0.05, 0) is 24.6 Å². The van der Waals surface area contributed by atoms with E-state index in [-0.39, 0.29) is 18.2 Å². The fourth-order valence-electron chi connectivity index (χ4n) is 1.44. The summed E-state index contributed by atoms with van der Waals surface area (Å²) in [6.07, 6.45) is 3.50. The average molecular weight is 312 g/mol. The van der Waals surface area contributed by atoms with Crippen LogP contribution in [0.15, 0.2) is 30.6 Å². The van der Waals surface area contributed by atoms with Crippen LogP contribution in [0.2, 0.25) is 0 Å². The van der Waals surface area contributed by atoms with Gasteiger partial charge in [0.25, 0.3) is 10.1 Å². The van der Waals surface area contributed by atoms with Gasteiger partial charge in [0, 0.05) is 0 Å². The third-order valence-electron chi connectivity index (χ3n) is 2.40. The van der Waals surface area contributed by atoms with Crippen LogP contribution >= 0.6 is 0 Å². The summed E-state index contributed by atoms with van der Waals surface area (Å²) in [5.74, 6) is -0.364. The number of rotatable bonds is 5. The highest BCUT2D eigenvalue weighted by Crippen LogP contribution is 2.23. The van der Waals surface area contributed by atoms with Gasteiger partial charge in [-0.25, -0.2) is 9.37 Å². The number of halogens is 1. The Labute approximate surface area is 121 Å². The van der Waals surface area contributed by atoms with E-state index in [1.807, 2.05) is 0 Å². The maximum Gasteiger partial charge on any atom is 0.264 e. The molecule has 0 aliphatic heterocycles. The minimum Gasteiger partial charge on any atom is -0.434 e. The van der Waals surface area contributed by atoms with Gasteiger partial charge in [0.15, 0.2) is 11.6 Å². The van der Waals surface area contributed by atoms with Crippen molar-refractivity contribution >= 4 is 10.1 Å². The first kappa shape index (κ1) is 15.3. The normalized spacial score (nSPS) is 11.4. The summed E-state index contributed by atoms with van der Waals surface area (Å²) in [7, 11) is -3.54. The quantitative estimate of drug-likeness (QED) is 0.788. The first-order chi connectivity index (χ1) is 9.83. The molecule has 6 nitrogen and oxygen atoms in total. The summed E-state index contributed by atoms with van der Waals surface area (Å²) in [4.78, 5) is 7.84. The number of ether oxygens (including phenoxy) is 1. The molecular weight excluding hydrogens is 299 g/mol. The topological polar surface area (TPSA) is 78.4 Å². The molecule has 0 N–H and O–H groups in total. The Morgan fingerprint density at radius 1 is 1.24 bits per heavy atom. The minimum absolute atomic E-state index is 0.0371. The van der Waals surface area contributed by atoms with Crippen LogP contribution in [0.5, 0.6) is 11.6 Å². The summed E-state index contributed by atoms with van der Waals surface area (Å²) in [5.41, 5.74) is 1.09. The van der Waals surface area contributed by atoms with Crippen molar-refractivity contribution in [2.24, 2.45) is 0 Å². The smallest absolute Gasteiger partial charge is 0.264 e. The number of nitrogens with zero attached hydrogens (tertiary/aromatic N) is 2. The third kappa shape index (κ3) is 4.76. The first-order valence-electron chi connectivity index (χ1n) is 5.93. The lowest BCUT2D eigenvalue weighted by Gasteiger charge is -2.06. The van der Waals surface area contributed by atoms with Crippen LogP contribution in [-0.4, -0.2) is 24.6 Å². The highest BCUT2D eigenvalue weighted by atomic mass is 32.2. The number of aryl methyl sites for hydroxylation is 1. The zero-order valence-electron chi connectivity index (χ0n) is 11.4. The molecule has 1 aromatic carbocycles. The Morgan fingerprint density at radius 2 is 2.00 bits per heavy atom. The molecule has 0 spiro atoms. The predicted molar refractivity (Wildman–Crippen MR) is 72.9 cm³/mol. The number of hydrogen-bond donors (Lipinski definition) is 0. The molecule has 112 valence electrons. The zero-order valence-corrected chi connectivity index (χ0v) is 12.2. The molecule has 8 heteroatoms. The van der Waals surface area contributed by atoms with Gasteiger partial charge in [0.1, 0.15) is 6.61 Å². The second kappa shape index (κ2) is 6.15. The van der Waals surface area contributed by atoms with Gasteiger partial charge >= 0.3 is 0 Å². The van der Waals surface area contributed by atoms with Crippen LogP contribution in [0.4, 0.5) is 4.39 Å². The minimum atomic E-state index is -3.54. The van der Waals surface area contributed by atoms with Crippen molar-refractivity contribution in [1.29, 1.82) is 0 Å². The van der Waals surface area contributed by atoms with Crippen molar-refractivity contribution in [3.05, 3.63) is 47.7 Å². The van der Waals surface area contributed by atoms with E-state index in [1.54, 1.807) is 13.0 Å². The van der Waals surface area contributed by atoms with E-state index in [0.29, 0.717) is 5.69 Å². The zero-order chi connectivity index (χ0) is 15.5. The molecule has 0 radical (unpaired) electrons. The van der Waals surface area contributed by atoms with Gasteiger partial charge in [-0.1, -0.05) is 6.07 Å². The lowest BCUT2D eigenvalue weighted by molar-refractivity contribution is 0.306. The van der Waals surface area contributed by atoms with Crippen LogP contribution in [0, 0.1) is 12.7 Å². The number of hydrogen-bond acceptors (Lipinski definition) is 6. The van der Waals surface area contributed by atoms with E-state index < -0.39 is 15.9 Å². The third-order valence-corrected chi connectivity index (χ3v) is 2.95. The van der Waals surface area contributed by atoms with E-state index in [2.05, 4.69) is 14.2 Å². The van der Waals surface area contributed by atoms with Gasteiger partial charge in [0.05, 0.1) is 24.3 Å². The summed E-state index contributed by atoms with van der Waals surface area (Å²) in [6, 6.07) is 4.55. The predicted octanol–water partition coefficient (Wildman–Crippen LogP) is 2.19. The molecule has 2 rings (SSSR count). The molecule has 0 atom stereocenters. The van der Waals surface area contributed by atoms with Crippen LogP contribution in [0.25, 0.3) is 0 Å². The highest BCUT2D eigenvalue weighted by Gasteiger charge is 2.08. The number of benzene rings is 1. The Kier molecular flexibility index (Phi) is 4.49. The molecule has 1 aromatic heterocycles. The van der Waals surface area contributed by atoms with Crippen molar-refractivity contribution in [1.82, 2.24) is 9.97 Å². The van der Waals surface area contributed by atoms with Crippen LogP contribution < -0.4 is 4.74 Å². The summed E-state index contributed by atoms with van der Waals surface area (Å²) in [5, 5.41) is 0. The Bertz CT molecular complexity index is 732. The largest absolute Gasteiger partial charge is 0.434 e. The van der Waals surface area contributed by atoms with E-state index in [4.69, 9.17) is 4.74 Å². The lowest BCUT2D eigenvalue weighted by Crippen LogP contribution is -2.04. The second-order valence-electron chi connectivity index (χ2n) is 4.35. The van der Waals surface area contributed by atoms with Crippen LogP contribution in [-0.2, 0) is 20.9 Å². The van der Waals surface area contributed by atoms with Crippen molar-refractivity contribution in [2.45, 2.75) is 13.5 Å². The monoisotopic (exact) mass is 312 g/mol. The maximum atomic E-state index is 13.6. The molecule has 0 saturated heterocycles. The first-order valence-corrected chi connectivity index (χ1v) is 7.74. The lowest BCUT2D eigenvalue weighted by atomic mass is 10.2. The molecule has 1 heterocycles. The Balaban J connectivity index is 2.05. The fraction of sp³-hybridized carbons (Fsp3) is 0.231. The van der Waals surface area contributed by atoms with Crippen molar-refractivity contribution in [2.75, 3.05) is 6.26 Å². The summed E-state index contributed by atoms with van der Waals surface area (Å²) in [6.45, 7) is 1.55. The average Bonchev–Trinajstić information content (AvgIpc) is 2.40.